The molecule has 0 atom stereocenters. The standard InChI is InChI=1S/C31H68NO2Si/c1-6-7-8-9-10-11-12-13-14-15-16-17-18-19-22-25-28-32(2,3)29-26-23-20-21-24-27-30-35-31(33-4)34-5/h31H,6-30,35H2,1-5H3/q+1. The zero-order valence-electron chi connectivity index (χ0n) is 25.2. The van der Waals surface area contributed by atoms with Crippen LogP contribution in [0, 0.1) is 0 Å². The molecule has 0 aliphatic rings. The van der Waals surface area contributed by atoms with Crippen LogP contribution in [-0.4, -0.2) is 61.3 Å². The van der Waals surface area contributed by atoms with Gasteiger partial charge in [-0.2, -0.15) is 0 Å². The van der Waals surface area contributed by atoms with Crippen LogP contribution >= 0.6 is 0 Å². The molecule has 3 nitrogen and oxygen atoms in total. The lowest BCUT2D eigenvalue weighted by molar-refractivity contribution is -0.890. The van der Waals surface area contributed by atoms with E-state index in [9.17, 15) is 0 Å². The van der Waals surface area contributed by atoms with Crippen molar-refractivity contribution in [3.63, 3.8) is 0 Å². The first-order valence-electron chi connectivity index (χ1n) is 15.9. The van der Waals surface area contributed by atoms with Crippen LogP contribution in [0.25, 0.3) is 0 Å². The number of nitrogens with zero attached hydrogens (tertiary/aromatic N) is 1. The second-order valence-electron chi connectivity index (χ2n) is 11.9. The molecule has 0 aromatic carbocycles. The van der Waals surface area contributed by atoms with Crippen LogP contribution in [0.15, 0.2) is 0 Å². The molecule has 0 aromatic heterocycles. The van der Waals surface area contributed by atoms with Gasteiger partial charge in [0.2, 0.25) is 0 Å². The first kappa shape index (κ1) is 35.1. The summed E-state index contributed by atoms with van der Waals surface area (Å²) in [5.74, 6) is 0.129. The number of ether oxygens (including phenoxy) is 2. The van der Waals surface area contributed by atoms with E-state index in [0.29, 0.717) is 0 Å². The number of hydrogen-bond donors (Lipinski definition) is 0. The summed E-state index contributed by atoms with van der Waals surface area (Å²) in [6.07, 6.45) is 31.7. The monoisotopic (exact) mass is 515 g/mol. The van der Waals surface area contributed by atoms with E-state index in [1.807, 2.05) is 0 Å². The predicted octanol–water partition coefficient (Wildman–Crippen LogP) is 8.83. The SMILES string of the molecule is CCCCCCCCCCCCCCCCCC[N+](C)(C)CCCCCCCC[SiH2]C(OC)OC. The van der Waals surface area contributed by atoms with Gasteiger partial charge in [0.1, 0.15) is 5.91 Å². The average molecular weight is 515 g/mol. The van der Waals surface area contributed by atoms with Crippen molar-refractivity contribution < 1.29 is 14.0 Å². The highest BCUT2D eigenvalue weighted by Crippen LogP contribution is 2.15. The van der Waals surface area contributed by atoms with Gasteiger partial charge in [0.15, 0.2) is 0 Å². The molecular formula is C31H68NO2Si+. The summed E-state index contributed by atoms with van der Waals surface area (Å²) in [6, 6.07) is 1.36. The Morgan fingerprint density at radius 1 is 0.486 bits per heavy atom. The fourth-order valence-electron chi connectivity index (χ4n) is 5.27. The predicted molar refractivity (Wildman–Crippen MR) is 160 cm³/mol. The third-order valence-electron chi connectivity index (χ3n) is 7.85. The molecule has 0 aliphatic carbocycles. The van der Waals surface area contributed by atoms with Gasteiger partial charge < -0.3 is 14.0 Å². The van der Waals surface area contributed by atoms with Crippen LogP contribution in [0.4, 0.5) is 0 Å². The topological polar surface area (TPSA) is 18.5 Å². The Bertz CT molecular complexity index is 401. The average Bonchev–Trinajstić information content (AvgIpc) is 2.85. The molecule has 0 unspecified atom stereocenters. The lowest BCUT2D eigenvalue weighted by Gasteiger charge is -2.30. The summed E-state index contributed by atoms with van der Waals surface area (Å²) in [5.41, 5.74) is 0. The largest absolute Gasteiger partial charge is 0.360 e. The molecule has 0 spiro atoms. The second-order valence-corrected chi connectivity index (χ2v) is 13.8. The van der Waals surface area contributed by atoms with E-state index < -0.39 is 0 Å². The van der Waals surface area contributed by atoms with Gasteiger partial charge in [0.05, 0.1) is 36.7 Å². The zero-order chi connectivity index (χ0) is 25.9. The molecule has 0 amide bonds. The van der Waals surface area contributed by atoms with Crippen LogP contribution < -0.4 is 0 Å². The van der Waals surface area contributed by atoms with Crippen molar-refractivity contribution in [1.82, 2.24) is 0 Å². The Labute approximate surface area is 224 Å². The quantitative estimate of drug-likeness (QED) is 0.0429. The maximum atomic E-state index is 5.31. The number of rotatable bonds is 29. The fraction of sp³-hybridized carbons (Fsp3) is 1.00. The maximum Gasteiger partial charge on any atom is 0.134 e. The minimum atomic E-state index is -0.210. The molecule has 0 aromatic rings. The van der Waals surface area contributed by atoms with Crippen molar-refractivity contribution in [2.24, 2.45) is 0 Å². The molecule has 0 N–H and O–H groups in total. The van der Waals surface area contributed by atoms with E-state index in [2.05, 4.69) is 21.0 Å². The van der Waals surface area contributed by atoms with Crippen molar-refractivity contribution in [3.05, 3.63) is 0 Å². The number of hydrogen-bond acceptors (Lipinski definition) is 2. The zero-order valence-corrected chi connectivity index (χ0v) is 26.6. The number of unbranched alkanes of at least 4 members (excludes halogenated alkanes) is 20. The smallest absolute Gasteiger partial charge is 0.134 e. The minimum absolute atomic E-state index is 0.129. The van der Waals surface area contributed by atoms with Gasteiger partial charge in [-0.3, -0.25) is 0 Å². The molecule has 0 aliphatic heterocycles. The van der Waals surface area contributed by atoms with E-state index in [4.69, 9.17) is 9.47 Å². The fourth-order valence-corrected chi connectivity index (χ4v) is 6.71. The third-order valence-corrected chi connectivity index (χ3v) is 9.89. The lowest BCUT2D eigenvalue weighted by Crippen LogP contribution is -2.41. The molecule has 0 heterocycles. The minimum Gasteiger partial charge on any atom is -0.360 e. The van der Waals surface area contributed by atoms with Crippen molar-refractivity contribution in [3.8, 4) is 0 Å². The van der Waals surface area contributed by atoms with Crippen LogP contribution in [0.2, 0.25) is 6.04 Å². The van der Waals surface area contributed by atoms with Crippen LogP contribution in [-0.2, 0) is 9.47 Å². The van der Waals surface area contributed by atoms with E-state index in [0.717, 1.165) is 0 Å². The van der Waals surface area contributed by atoms with E-state index >= 15 is 0 Å². The van der Waals surface area contributed by atoms with Crippen LogP contribution in [0.5, 0.6) is 0 Å². The molecule has 4 heteroatoms. The highest BCUT2D eigenvalue weighted by atomic mass is 28.2. The van der Waals surface area contributed by atoms with E-state index in [1.54, 1.807) is 14.2 Å². The number of quaternary nitrogens is 1. The molecule has 0 radical (unpaired) electrons. The Morgan fingerprint density at radius 2 is 0.800 bits per heavy atom. The normalized spacial score (nSPS) is 12.5. The van der Waals surface area contributed by atoms with Gasteiger partial charge in [-0.15, -0.1) is 0 Å². The Balaban J connectivity index is 3.32. The Hall–Kier alpha value is 0.0969. The summed E-state index contributed by atoms with van der Waals surface area (Å²) >= 11 is 0. The summed E-state index contributed by atoms with van der Waals surface area (Å²) in [5, 5.41) is 0. The first-order valence-corrected chi connectivity index (χ1v) is 17.7. The van der Waals surface area contributed by atoms with Crippen LogP contribution in [0.3, 0.4) is 0 Å². The molecular weight excluding hydrogens is 446 g/mol. The maximum absolute atomic E-state index is 5.31. The molecule has 0 saturated heterocycles. The lowest BCUT2D eigenvalue weighted by atomic mass is 10.0. The van der Waals surface area contributed by atoms with Gasteiger partial charge in [-0.25, -0.2) is 0 Å². The van der Waals surface area contributed by atoms with Gasteiger partial charge >= 0.3 is 0 Å². The van der Waals surface area contributed by atoms with Crippen molar-refractivity contribution in [2.75, 3.05) is 41.4 Å². The molecule has 0 bridgehead atoms. The molecule has 35 heavy (non-hydrogen) atoms. The van der Waals surface area contributed by atoms with Crippen molar-refractivity contribution in [2.45, 2.75) is 160 Å². The van der Waals surface area contributed by atoms with Crippen molar-refractivity contribution >= 4 is 9.52 Å². The van der Waals surface area contributed by atoms with Crippen LogP contribution in [0.1, 0.15) is 148 Å². The highest BCUT2D eigenvalue weighted by Gasteiger charge is 2.13. The third kappa shape index (κ3) is 27.0. The Kier molecular flexibility index (Phi) is 27.2. The first-order chi connectivity index (χ1) is 17.1. The van der Waals surface area contributed by atoms with Gasteiger partial charge in [-0.05, 0) is 25.7 Å². The summed E-state index contributed by atoms with van der Waals surface area (Å²) < 4.78 is 11.8. The summed E-state index contributed by atoms with van der Waals surface area (Å²) in [6.45, 7) is 5.02. The number of methoxy groups -OCH3 is 2. The van der Waals surface area contributed by atoms with E-state index in [1.165, 1.54) is 165 Å². The second kappa shape index (κ2) is 27.1. The highest BCUT2D eigenvalue weighted by molar-refractivity contribution is 6.36. The summed E-state index contributed by atoms with van der Waals surface area (Å²) in [4.78, 5) is 0. The van der Waals surface area contributed by atoms with Gasteiger partial charge in [0, 0.05) is 14.2 Å². The summed E-state index contributed by atoms with van der Waals surface area (Å²) in [7, 11) is 8.21. The molecule has 0 fully saturated rings. The molecule has 212 valence electrons. The molecule has 0 saturated carbocycles. The molecule has 0 rings (SSSR count). The van der Waals surface area contributed by atoms with E-state index in [-0.39, 0.29) is 15.4 Å². The Morgan fingerprint density at radius 3 is 1.14 bits per heavy atom. The van der Waals surface area contributed by atoms with Crippen molar-refractivity contribution in [1.29, 1.82) is 0 Å². The van der Waals surface area contributed by atoms with Gasteiger partial charge in [0.25, 0.3) is 0 Å². The van der Waals surface area contributed by atoms with Gasteiger partial charge in [-0.1, -0.05) is 129 Å².